The molecule has 0 atom stereocenters. The maximum Gasteiger partial charge on any atom is 0.116 e. The van der Waals surface area contributed by atoms with E-state index in [1.165, 1.54) is 0 Å². The number of halogens is 2. The molecule has 0 saturated carbocycles. The number of hydrogen-bond acceptors (Lipinski definition) is 2. The Hall–Kier alpha value is 0.580. The molecule has 0 aliphatic heterocycles. The summed E-state index contributed by atoms with van der Waals surface area (Å²) in [6.07, 6.45) is 0. The van der Waals surface area contributed by atoms with E-state index in [-0.39, 0.29) is 0 Å². The van der Waals surface area contributed by atoms with Gasteiger partial charge in [0.1, 0.15) is 9.40 Å². The second kappa shape index (κ2) is 9.59. The van der Waals surface area contributed by atoms with Gasteiger partial charge in [0.05, 0.1) is 0 Å². The van der Waals surface area contributed by atoms with Gasteiger partial charge in [-0.05, 0) is 23.0 Å². The van der Waals surface area contributed by atoms with Crippen LogP contribution in [0.4, 0.5) is 0 Å². The van der Waals surface area contributed by atoms with Gasteiger partial charge in [-0.25, -0.2) is 0 Å². The third kappa shape index (κ3) is 9.78. The third-order valence-electron chi connectivity index (χ3n) is 1.37. The molecule has 4 heteroatoms. The van der Waals surface area contributed by atoms with Crippen molar-refractivity contribution in [1.82, 2.24) is 0 Å². The van der Waals surface area contributed by atoms with Crippen LogP contribution in [0.2, 0.25) is 0 Å². The first-order valence-electron chi connectivity index (χ1n) is 5.24. The van der Waals surface area contributed by atoms with Gasteiger partial charge in [0, 0.05) is 11.5 Å². The average molecular weight is 297 g/mol. The molecule has 0 spiro atoms. The van der Waals surface area contributed by atoms with Crippen LogP contribution in [-0.2, 0) is 0 Å². The molecule has 16 heavy (non-hydrogen) atoms. The topological polar surface area (TPSA) is 0 Å². The van der Waals surface area contributed by atoms with E-state index in [4.69, 9.17) is 23.2 Å². The standard InChI is InChI=1S/C12H18Cl2S2/c1-9(2)7-15-6-5-11(13)12(14)16-8-10(3)4/h9-10H,7-8H2,1-4H3/b12-11+. The van der Waals surface area contributed by atoms with Crippen molar-refractivity contribution >= 4 is 46.7 Å². The van der Waals surface area contributed by atoms with Crippen molar-refractivity contribution in [3.05, 3.63) is 9.40 Å². The lowest BCUT2D eigenvalue weighted by atomic mass is 10.3. The molecule has 0 bridgehead atoms. The van der Waals surface area contributed by atoms with E-state index < -0.39 is 0 Å². The highest BCUT2D eigenvalue weighted by Crippen LogP contribution is 2.27. The van der Waals surface area contributed by atoms with E-state index in [0.717, 1.165) is 11.5 Å². The highest BCUT2D eigenvalue weighted by Gasteiger charge is 2.02. The summed E-state index contributed by atoms with van der Waals surface area (Å²) < 4.78 is 0.605. The summed E-state index contributed by atoms with van der Waals surface area (Å²) in [5, 5.41) is 3.43. The molecule has 92 valence electrons. The Morgan fingerprint density at radius 2 is 1.62 bits per heavy atom. The van der Waals surface area contributed by atoms with Crippen LogP contribution >= 0.6 is 46.7 Å². The highest BCUT2D eigenvalue weighted by molar-refractivity contribution is 8.04. The Morgan fingerprint density at radius 3 is 2.12 bits per heavy atom. The van der Waals surface area contributed by atoms with Crippen molar-refractivity contribution in [3.8, 4) is 11.2 Å². The number of hydrogen-bond donors (Lipinski definition) is 0. The maximum atomic E-state index is 6.02. The monoisotopic (exact) mass is 296 g/mol. The normalized spacial score (nSPS) is 12.5. The first-order chi connectivity index (χ1) is 7.43. The molecule has 0 aromatic heterocycles. The summed E-state index contributed by atoms with van der Waals surface area (Å²) in [7, 11) is 0. The Morgan fingerprint density at radius 1 is 1.06 bits per heavy atom. The van der Waals surface area contributed by atoms with E-state index in [2.05, 4.69) is 38.9 Å². The first-order valence-corrected chi connectivity index (χ1v) is 7.97. The minimum atomic E-state index is 0.462. The van der Waals surface area contributed by atoms with Crippen LogP contribution in [-0.4, -0.2) is 11.5 Å². The average Bonchev–Trinajstić information content (AvgIpc) is 2.20. The van der Waals surface area contributed by atoms with Gasteiger partial charge in [-0.15, -0.1) is 11.8 Å². The molecule has 0 radical (unpaired) electrons. The van der Waals surface area contributed by atoms with Crippen molar-refractivity contribution in [2.45, 2.75) is 27.7 Å². The lowest BCUT2D eigenvalue weighted by Crippen LogP contribution is -1.89. The predicted octanol–water partition coefficient (Wildman–Crippen LogP) is 5.37. The highest BCUT2D eigenvalue weighted by atomic mass is 35.5. The number of thioether (sulfide) groups is 2. The fraction of sp³-hybridized carbons (Fsp3) is 0.667. The van der Waals surface area contributed by atoms with Gasteiger partial charge >= 0.3 is 0 Å². The van der Waals surface area contributed by atoms with Gasteiger partial charge in [0.2, 0.25) is 0 Å². The van der Waals surface area contributed by atoms with E-state index in [9.17, 15) is 0 Å². The van der Waals surface area contributed by atoms with Crippen molar-refractivity contribution in [3.63, 3.8) is 0 Å². The van der Waals surface area contributed by atoms with E-state index in [0.29, 0.717) is 21.2 Å². The van der Waals surface area contributed by atoms with Crippen LogP contribution in [0.5, 0.6) is 0 Å². The van der Waals surface area contributed by atoms with Gasteiger partial charge in [-0.1, -0.05) is 62.7 Å². The Bertz CT molecular complexity index is 285. The van der Waals surface area contributed by atoms with Crippen LogP contribution in [0, 0.1) is 23.0 Å². The van der Waals surface area contributed by atoms with E-state index >= 15 is 0 Å². The summed E-state index contributed by atoms with van der Waals surface area (Å²) >= 11 is 15.1. The van der Waals surface area contributed by atoms with E-state index in [1.54, 1.807) is 23.5 Å². The maximum absolute atomic E-state index is 6.02. The molecule has 0 amide bonds. The molecular weight excluding hydrogens is 279 g/mol. The first kappa shape index (κ1) is 16.6. The molecular formula is C12H18Cl2S2. The Labute approximate surface area is 118 Å². The van der Waals surface area contributed by atoms with Crippen molar-refractivity contribution in [2.75, 3.05) is 11.5 Å². The minimum Gasteiger partial charge on any atom is -0.112 e. The summed E-state index contributed by atoms with van der Waals surface area (Å²) in [4.78, 5) is 0. The van der Waals surface area contributed by atoms with Gasteiger partial charge in [0.25, 0.3) is 0 Å². The molecule has 0 aliphatic rings. The van der Waals surface area contributed by atoms with Crippen LogP contribution in [0.1, 0.15) is 27.7 Å². The SMILES string of the molecule is CC(C)CSC#C/C(Cl)=C(/Cl)SCC(C)C. The second-order valence-electron chi connectivity index (χ2n) is 4.22. The molecule has 0 nitrogen and oxygen atoms in total. The van der Waals surface area contributed by atoms with Crippen LogP contribution in [0.15, 0.2) is 9.40 Å². The zero-order valence-electron chi connectivity index (χ0n) is 10.1. The van der Waals surface area contributed by atoms with Crippen LogP contribution in [0.3, 0.4) is 0 Å². The van der Waals surface area contributed by atoms with Crippen molar-refractivity contribution in [2.24, 2.45) is 11.8 Å². The fourth-order valence-electron chi connectivity index (χ4n) is 0.642. The molecule has 0 rings (SSSR count). The van der Waals surface area contributed by atoms with Crippen molar-refractivity contribution in [1.29, 1.82) is 0 Å². The van der Waals surface area contributed by atoms with Gasteiger partial charge in [-0.3, -0.25) is 0 Å². The van der Waals surface area contributed by atoms with Crippen LogP contribution in [0.25, 0.3) is 0 Å². The molecule has 0 aromatic rings. The molecule has 0 heterocycles. The van der Waals surface area contributed by atoms with Gasteiger partial charge in [-0.2, -0.15) is 0 Å². The summed E-state index contributed by atoms with van der Waals surface area (Å²) in [5.41, 5.74) is 0. The van der Waals surface area contributed by atoms with Crippen molar-refractivity contribution < 1.29 is 0 Å². The summed E-state index contributed by atoms with van der Waals surface area (Å²) in [5.74, 6) is 6.11. The lowest BCUT2D eigenvalue weighted by Gasteiger charge is -2.02. The second-order valence-corrected chi connectivity index (χ2v) is 7.06. The zero-order valence-corrected chi connectivity index (χ0v) is 13.3. The third-order valence-corrected chi connectivity index (χ3v) is 4.74. The van der Waals surface area contributed by atoms with Gasteiger partial charge < -0.3 is 0 Å². The molecule has 0 aromatic carbocycles. The number of allylic oxidation sites excluding steroid dienone is 1. The minimum absolute atomic E-state index is 0.462. The van der Waals surface area contributed by atoms with Crippen LogP contribution < -0.4 is 0 Å². The Balaban J connectivity index is 4.08. The molecule has 0 aliphatic carbocycles. The smallest absolute Gasteiger partial charge is 0.112 e. The molecule has 0 N–H and O–H groups in total. The molecule has 0 unspecified atom stereocenters. The van der Waals surface area contributed by atoms with E-state index in [1.807, 2.05) is 0 Å². The zero-order chi connectivity index (χ0) is 12.6. The molecule has 0 saturated heterocycles. The largest absolute Gasteiger partial charge is 0.116 e. The quantitative estimate of drug-likeness (QED) is 0.625. The number of rotatable bonds is 5. The summed E-state index contributed by atoms with van der Waals surface area (Å²) in [6, 6.07) is 0. The lowest BCUT2D eigenvalue weighted by molar-refractivity contribution is 0.751. The summed E-state index contributed by atoms with van der Waals surface area (Å²) in [6.45, 7) is 8.62. The Kier molecular flexibility index (Phi) is 9.94. The van der Waals surface area contributed by atoms with Gasteiger partial charge in [0.15, 0.2) is 0 Å². The fourth-order valence-corrected chi connectivity index (χ4v) is 2.39. The predicted molar refractivity (Wildman–Crippen MR) is 81.1 cm³/mol. The molecule has 0 fully saturated rings.